The van der Waals surface area contributed by atoms with Crippen LogP contribution in [0.3, 0.4) is 0 Å². The summed E-state index contributed by atoms with van der Waals surface area (Å²) in [6.07, 6.45) is 2.06. The molecule has 3 rings (SSSR count). The highest BCUT2D eigenvalue weighted by atomic mass is 35.5. The normalized spacial score (nSPS) is 18.4. The monoisotopic (exact) mass is 325 g/mol. The number of halogens is 1. The summed E-state index contributed by atoms with van der Waals surface area (Å²) in [5.41, 5.74) is 0.359. The van der Waals surface area contributed by atoms with Gasteiger partial charge in [0.1, 0.15) is 0 Å². The molecule has 3 heterocycles. The molecule has 1 N–H and O–H groups in total. The van der Waals surface area contributed by atoms with E-state index in [9.17, 15) is 4.79 Å². The van der Waals surface area contributed by atoms with Gasteiger partial charge < -0.3 is 14.7 Å². The maximum atomic E-state index is 12.5. The van der Waals surface area contributed by atoms with Crippen molar-refractivity contribution in [2.75, 3.05) is 20.1 Å². The Morgan fingerprint density at radius 3 is 3.19 bits per heavy atom. The van der Waals surface area contributed by atoms with Gasteiger partial charge in [0.05, 0.1) is 9.21 Å². The second kappa shape index (κ2) is 6.17. The van der Waals surface area contributed by atoms with Crippen molar-refractivity contribution in [3.05, 3.63) is 28.2 Å². The fraction of sp³-hybridized carbons (Fsp3) is 0.429. The van der Waals surface area contributed by atoms with Gasteiger partial charge in [-0.1, -0.05) is 16.8 Å². The van der Waals surface area contributed by atoms with Crippen molar-refractivity contribution < 1.29 is 9.32 Å². The van der Waals surface area contributed by atoms with Gasteiger partial charge in [-0.25, -0.2) is 0 Å². The number of thiophene rings is 1. The Hall–Kier alpha value is -1.37. The molecule has 0 saturated carbocycles. The number of hydrogen-bond donors (Lipinski definition) is 1. The van der Waals surface area contributed by atoms with Crippen LogP contribution in [-0.2, 0) is 0 Å². The third-order valence-corrected chi connectivity index (χ3v) is 4.87. The van der Waals surface area contributed by atoms with Crippen LogP contribution >= 0.6 is 22.9 Å². The number of likely N-dealkylation sites (tertiary alicyclic amines) is 1. The number of rotatable bonds is 4. The van der Waals surface area contributed by atoms with Gasteiger partial charge >= 0.3 is 0 Å². The summed E-state index contributed by atoms with van der Waals surface area (Å²) < 4.78 is 5.96. The molecule has 21 heavy (non-hydrogen) atoms. The molecule has 5 nitrogen and oxygen atoms in total. The molecule has 7 heteroatoms. The first-order valence-corrected chi connectivity index (χ1v) is 8.06. The fourth-order valence-corrected chi connectivity index (χ4v) is 3.63. The molecule has 1 unspecified atom stereocenters. The first-order chi connectivity index (χ1) is 10.2. The number of nitrogens with zero attached hydrogens (tertiary/aromatic N) is 2. The minimum Gasteiger partial charge on any atom is -0.355 e. The molecule has 1 saturated heterocycles. The Kier molecular flexibility index (Phi) is 4.28. The summed E-state index contributed by atoms with van der Waals surface area (Å²) in [6, 6.07) is 5.59. The third-order valence-electron chi connectivity index (χ3n) is 3.62. The van der Waals surface area contributed by atoms with Crippen molar-refractivity contribution in [2.24, 2.45) is 0 Å². The highest BCUT2D eigenvalue weighted by Crippen LogP contribution is 2.31. The zero-order valence-electron chi connectivity index (χ0n) is 11.6. The second-order valence-electron chi connectivity index (χ2n) is 5.03. The van der Waals surface area contributed by atoms with E-state index in [0.29, 0.717) is 15.8 Å². The zero-order chi connectivity index (χ0) is 14.8. The molecule has 0 spiro atoms. The van der Waals surface area contributed by atoms with Crippen LogP contribution in [0.2, 0.25) is 4.34 Å². The van der Waals surface area contributed by atoms with Crippen molar-refractivity contribution in [3.8, 4) is 10.6 Å². The lowest BCUT2D eigenvalue weighted by Gasteiger charge is -2.23. The Labute approximate surface area is 131 Å². The van der Waals surface area contributed by atoms with Gasteiger partial charge in [-0.2, -0.15) is 0 Å². The molecule has 0 radical (unpaired) electrons. The standard InChI is InChI=1S/C14H16ClN3O2S/c1-16-8-9-3-2-6-18(9)14(19)10-7-11(20-17-10)12-4-5-13(15)21-12/h4-5,7,9,16H,2-3,6,8H2,1H3. The van der Waals surface area contributed by atoms with E-state index in [0.717, 1.165) is 30.8 Å². The van der Waals surface area contributed by atoms with E-state index in [1.165, 1.54) is 11.3 Å². The molecule has 2 aromatic rings. The summed E-state index contributed by atoms with van der Waals surface area (Å²) >= 11 is 7.32. The number of likely N-dealkylation sites (N-methyl/N-ethyl adjacent to an activating group) is 1. The average Bonchev–Trinajstić information content (AvgIpc) is 3.17. The SMILES string of the molecule is CNCC1CCCN1C(=O)c1cc(-c2ccc(Cl)s2)on1. The summed E-state index contributed by atoms with van der Waals surface area (Å²) in [6.45, 7) is 1.58. The Balaban J connectivity index is 1.78. The van der Waals surface area contributed by atoms with E-state index in [2.05, 4.69) is 10.5 Å². The Bertz CT molecular complexity index is 640. The van der Waals surface area contributed by atoms with E-state index < -0.39 is 0 Å². The number of amides is 1. The van der Waals surface area contributed by atoms with Gasteiger partial charge in [0.15, 0.2) is 11.5 Å². The van der Waals surface area contributed by atoms with E-state index in [-0.39, 0.29) is 11.9 Å². The Morgan fingerprint density at radius 2 is 2.48 bits per heavy atom. The highest BCUT2D eigenvalue weighted by Gasteiger charge is 2.30. The van der Waals surface area contributed by atoms with E-state index in [1.807, 2.05) is 18.0 Å². The molecular formula is C14H16ClN3O2S. The van der Waals surface area contributed by atoms with Crippen LogP contribution in [0.25, 0.3) is 10.6 Å². The average molecular weight is 326 g/mol. The van der Waals surface area contributed by atoms with Gasteiger partial charge in [0, 0.05) is 25.2 Å². The van der Waals surface area contributed by atoms with Crippen molar-refractivity contribution in [1.29, 1.82) is 0 Å². The Morgan fingerprint density at radius 1 is 1.62 bits per heavy atom. The van der Waals surface area contributed by atoms with Gasteiger partial charge in [-0.15, -0.1) is 11.3 Å². The summed E-state index contributed by atoms with van der Waals surface area (Å²) in [5.74, 6) is 0.519. The largest absolute Gasteiger partial charge is 0.355 e. The molecule has 1 atom stereocenters. The van der Waals surface area contributed by atoms with Crippen molar-refractivity contribution in [2.45, 2.75) is 18.9 Å². The van der Waals surface area contributed by atoms with Gasteiger partial charge in [0.25, 0.3) is 5.91 Å². The van der Waals surface area contributed by atoms with Crippen LogP contribution in [0.5, 0.6) is 0 Å². The van der Waals surface area contributed by atoms with E-state index >= 15 is 0 Å². The van der Waals surface area contributed by atoms with Crippen molar-refractivity contribution >= 4 is 28.8 Å². The predicted octanol–water partition coefficient (Wildman–Crippen LogP) is 2.88. The summed E-state index contributed by atoms with van der Waals surface area (Å²) in [5, 5.41) is 7.05. The molecule has 1 aliphatic heterocycles. The van der Waals surface area contributed by atoms with Crippen molar-refractivity contribution in [1.82, 2.24) is 15.4 Å². The smallest absolute Gasteiger partial charge is 0.276 e. The topological polar surface area (TPSA) is 58.4 Å². The van der Waals surface area contributed by atoms with Crippen molar-refractivity contribution in [3.63, 3.8) is 0 Å². The number of hydrogen-bond acceptors (Lipinski definition) is 5. The van der Waals surface area contributed by atoms with Crippen LogP contribution in [0.15, 0.2) is 22.7 Å². The summed E-state index contributed by atoms with van der Waals surface area (Å²) in [4.78, 5) is 15.3. The van der Waals surface area contributed by atoms with E-state index in [1.54, 1.807) is 12.1 Å². The molecule has 0 aliphatic carbocycles. The predicted molar refractivity (Wildman–Crippen MR) is 82.8 cm³/mol. The maximum Gasteiger partial charge on any atom is 0.276 e. The molecule has 1 fully saturated rings. The molecule has 1 amide bonds. The lowest BCUT2D eigenvalue weighted by Crippen LogP contribution is -2.40. The first kappa shape index (κ1) is 14.6. The van der Waals surface area contributed by atoms with Crippen LogP contribution in [0, 0.1) is 0 Å². The van der Waals surface area contributed by atoms with Gasteiger partial charge in [-0.05, 0) is 32.0 Å². The molecular weight excluding hydrogens is 310 g/mol. The van der Waals surface area contributed by atoms with Crippen LogP contribution in [0.4, 0.5) is 0 Å². The minimum atomic E-state index is -0.0644. The lowest BCUT2D eigenvalue weighted by atomic mass is 10.2. The van der Waals surface area contributed by atoms with Crippen LogP contribution in [-0.4, -0.2) is 42.1 Å². The fourth-order valence-electron chi connectivity index (χ4n) is 2.64. The second-order valence-corrected chi connectivity index (χ2v) is 6.75. The van der Waals surface area contributed by atoms with Crippen LogP contribution in [0.1, 0.15) is 23.3 Å². The zero-order valence-corrected chi connectivity index (χ0v) is 13.2. The highest BCUT2D eigenvalue weighted by molar-refractivity contribution is 7.19. The van der Waals surface area contributed by atoms with Crippen LogP contribution < -0.4 is 5.32 Å². The maximum absolute atomic E-state index is 12.5. The van der Waals surface area contributed by atoms with Gasteiger partial charge in [0.2, 0.25) is 0 Å². The minimum absolute atomic E-state index is 0.0644. The summed E-state index contributed by atoms with van der Waals surface area (Å²) in [7, 11) is 1.90. The van der Waals surface area contributed by atoms with Gasteiger partial charge in [-0.3, -0.25) is 4.79 Å². The quantitative estimate of drug-likeness (QED) is 0.939. The number of aromatic nitrogens is 1. The van der Waals surface area contributed by atoms with E-state index in [4.69, 9.17) is 16.1 Å². The molecule has 1 aliphatic rings. The number of carbonyl (C=O) groups excluding carboxylic acids is 1. The molecule has 0 aromatic carbocycles. The molecule has 0 bridgehead atoms. The number of carbonyl (C=O) groups is 1. The molecule has 112 valence electrons. The molecule has 2 aromatic heterocycles. The first-order valence-electron chi connectivity index (χ1n) is 6.87. The lowest BCUT2D eigenvalue weighted by molar-refractivity contribution is 0.0726. The number of nitrogens with one attached hydrogen (secondary N) is 1. The third kappa shape index (κ3) is 2.97.